The Bertz CT molecular complexity index is 884. The first-order valence-corrected chi connectivity index (χ1v) is 12.2. The number of benzene rings is 1. The molecule has 0 aromatic heterocycles. The molecule has 1 aromatic carbocycles. The zero-order chi connectivity index (χ0) is 23.4. The quantitative estimate of drug-likeness (QED) is 0.501. The van der Waals surface area contributed by atoms with Crippen molar-refractivity contribution in [2.75, 3.05) is 37.7 Å². The highest BCUT2D eigenvalue weighted by Crippen LogP contribution is 2.30. The van der Waals surface area contributed by atoms with Crippen LogP contribution in [-0.4, -0.2) is 72.3 Å². The molecule has 33 heavy (non-hydrogen) atoms. The van der Waals surface area contributed by atoms with Gasteiger partial charge in [-0.3, -0.25) is 19.3 Å². The summed E-state index contributed by atoms with van der Waals surface area (Å²) in [5, 5.41) is 0. The zero-order valence-electron chi connectivity index (χ0n) is 19.3. The van der Waals surface area contributed by atoms with Gasteiger partial charge in [-0.05, 0) is 70.0 Å². The van der Waals surface area contributed by atoms with E-state index in [-0.39, 0.29) is 36.7 Å². The van der Waals surface area contributed by atoms with Gasteiger partial charge >= 0.3 is 5.97 Å². The summed E-state index contributed by atoms with van der Waals surface area (Å²) in [6.45, 7) is 5.03. The summed E-state index contributed by atoms with van der Waals surface area (Å²) in [6, 6.07) is 5.87. The molecule has 3 saturated heterocycles. The lowest BCUT2D eigenvalue weighted by Gasteiger charge is -2.36. The lowest BCUT2D eigenvalue weighted by Crippen LogP contribution is -2.48. The van der Waals surface area contributed by atoms with Crippen LogP contribution in [0.25, 0.3) is 0 Å². The number of imide groups is 1. The van der Waals surface area contributed by atoms with Crippen molar-refractivity contribution in [3.63, 3.8) is 0 Å². The molecule has 0 bridgehead atoms. The molecule has 3 heterocycles. The second-order valence-electron chi connectivity index (χ2n) is 9.10. The fraction of sp³-hybridized carbons (Fsp3) is 0.600. The van der Waals surface area contributed by atoms with Crippen molar-refractivity contribution in [3.8, 4) is 0 Å². The summed E-state index contributed by atoms with van der Waals surface area (Å²) in [5.74, 6) is -0.636. The third kappa shape index (κ3) is 5.11. The second kappa shape index (κ2) is 10.5. The van der Waals surface area contributed by atoms with E-state index in [1.807, 2.05) is 4.90 Å². The van der Waals surface area contributed by atoms with Crippen LogP contribution in [-0.2, 0) is 19.1 Å². The van der Waals surface area contributed by atoms with E-state index in [0.29, 0.717) is 24.3 Å². The van der Waals surface area contributed by atoms with Crippen LogP contribution in [0.4, 0.5) is 5.69 Å². The van der Waals surface area contributed by atoms with Crippen LogP contribution in [0.5, 0.6) is 0 Å². The lowest BCUT2D eigenvalue weighted by molar-refractivity contribution is -0.137. The van der Waals surface area contributed by atoms with Gasteiger partial charge in [0.25, 0.3) is 5.91 Å². The Morgan fingerprint density at radius 1 is 0.939 bits per heavy atom. The van der Waals surface area contributed by atoms with Gasteiger partial charge in [-0.1, -0.05) is 12.8 Å². The highest BCUT2D eigenvalue weighted by Gasteiger charge is 2.44. The Morgan fingerprint density at radius 3 is 2.18 bits per heavy atom. The molecule has 4 rings (SSSR count). The molecule has 178 valence electrons. The first-order valence-electron chi connectivity index (χ1n) is 12.2. The fourth-order valence-electron chi connectivity index (χ4n) is 5.14. The summed E-state index contributed by atoms with van der Waals surface area (Å²) >= 11 is 0. The molecule has 3 aliphatic heterocycles. The van der Waals surface area contributed by atoms with E-state index in [1.165, 1.54) is 17.7 Å². The molecule has 8 nitrogen and oxygen atoms in total. The van der Waals surface area contributed by atoms with Crippen molar-refractivity contribution in [1.29, 1.82) is 0 Å². The Balaban J connectivity index is 1.35. The highest BCUT2D eigenvalue weighted by molar-refractivity contribution is 6.22. The van der Waals surface area contributed by atoms with Crippen molar-refractivity contribution >= 4 is 29.4 Å². The number of hydrogen-bond acceptors (Lipinski definition) is 6. The van der Waals surface area contributed by atoms with Gasteiger partial charge in [0.15, 0.2) is 0 Å². The average molecular weight is 456 g/mol. The van der Waals surface area contributed by atoms with Crippen LogP contribution < -0.4 is 4.90 Å². The molecule has 3 amide bonds. The zero-order valence-corrected chi connectivity index (χ0v) is 19.3. The Morgan fingerprint density at radius 2 is 1.58 bits per heavy atom. The molecule has 1 unspecified atom stereocenters. The third-order valence-corrected chi connectivity index (χ3v) is 7.00. The number of carbonyl (C=O) groups excluding carboxylic acids is 4. The largest absolute Gasteiger partial charge is 0.462 e. The summed E-state index contributed by atoms with van der Waals surface area (Å²) in [6.07, 6.45) is 6.15. The molecule has 8 heteroatoms. The number of amides is 3. The average Bonchev–Trinajstić information content (AvgIpc) is 3.00. The van der Waals surface area contributed by atoms with Crippen LogP contribution in [0.2, 0.25) is 0 Å². The standard InChI is InChI=1S/C25H33N3O5/c1-2-33-25(32)19-7-9-20(10-8-19)28-22(29)17-21(24(28)31)26-15-11-18(12-16-26)23(30)27-13-5-3-4-6-14-27/h7-10,18,21H,2-6,11-17H2,1H3. The van der Waals surface area contributed by atoms with Crippen molar-refractivity contribution < 1.29 is 23.9 Å². The summed E-state index contributed by atoms with van der Waals surface area (Å²) < 4.78 is 4.98. The van der Waals surface area contributed by atoms with E-state index in [2.05, 4.69) is 4.90 Å². The number of piperidine rings is 1. The first-order chi connectivity index (χ1) is 16.0. The maximum atomic E-state index is 13.1. The molecule has 0 N–H and O–H groups in total. The van der Waals surface area contributed by atoms with Crippen LogP contribution in [0.3, 0.4) is 0 Å². The van der Waals surface area contributed by atoms with Crippen LogP contribution >= 0.6 is 0 Å². The second-order valence-corrected chi connectivity index (χ2v) is 9.10. The molecule has 1 atom stereocenters. The SMILES string of the molecule is CCOC(=O)c1ccc(N2C(=O)CC(N3CCC(C(=O)N4CCCCCC4)CC3)C2=O)cc1. The van der Waals surface area contributed by atoms with Gasteiger partial charge in [0.2, 0.25) is 11.8 Å². The predicted octanol–water partition coefficient (Wildman–Crippen LogP) is 2.61. The van der Waals surface area contributed by atoms with Crippen LogP contribution in [0.15, 0.2) is 24.3 Å². The van der Waals surface area contributed by atoms with E-state index in [0.717, 1.165) is 38.8 Å². The van der Waals surface area contributed by atoms with Crippen molar-refractivity contribution in [3.05, 3.63) is 29.8 Å². The predicted molar refractivity (Wildman–Crippen MR) is 123 cm³/mol. The number of esters is 1. The third-order valence-electron chi connectivity index (χ3n) is 7.00. The molecule has 0 aliphatic carbocycles. The summed E-state index contributed by atoms with van der Waals surface area (Å²) in [4.78, 5) is 55.9. The van der Waals surface area contributed by atoms with Crippen molar-refractivity contribution in [2.45, 2.75) is 57.9 Å². The monoisotopic (exact) mass is 455 g/mol. The normalized spacial score (nSPS) is 23.0. The van der Waals surface area contributed by atoms with Gasteiger partial charge in [0.1, 0.15) is 0 Å². The molecule has 0 spiro atoms. The fourth-order valence-corrected chi connectivity index (χ4v) is 5.14. The minimum Gasteiger partial charge on any atom is -0.462 e. The van der Waals surface area contributed by atoms with Crippen molar-refractivity contribution in [2.24, 2.45) is 5.92 Å². The molecular weight excluding hydrogens is 422 g/mol. The number of rotatable bonds is 5. The maximum Gasteiger partial charge on any atom is 0.338 e. The number of likely N-dealkylation sites (tertiary alicyclic amines) is 2. The van der Waals surface area contributed by atoms with Gasteiger partial charge in [-0.2, -0.15) is 0 Å². The molecule has 0 saturated carbocycles. The molecular formula is C25H33N3O5. The Hall–Kier alpha value is -2.74. The van der Waals surface area contributed by atoms with Crippen molar-refractivity contribution in [1.82, 2.24) is 9.80 Å². The van der Waals surface area contributed by atoms with Gasteiger partial charge in [-0.15, -0.1) is 0 Å². The Kier molecular flexibility index (Phi) is 7.42. The maximum absolute atomic E-state index is 13.1. The molecule has 3 fully saturated rings. The topological polar surface area (TPSA) is 87.2 Å². The van der Waals surface area contributed by atoms with Crippen LogP contribution in [0, 0.1) is 5.92 Å². The summed E-state index contributed by atoms with van der Waals surface area (Å²) in [7, 11) is 0. The molecule has 1 aromatic rings. The van der Waals surface area contributed by atoms with E-state index in [1.54, 1.807) is 31.2 Å². The summed E-state index contributed by atoms with van der Waals surface area (Å²) in [5.41, 5.74) is 0.846. The first kappa shape index (κ1) is 23.4. The minimum atomic E-state index is -0.489. The van der Waals surface area contributed by atoms with Gasteiger partial charge in [-0.25, -0.2) is 9.69 Å². The number of anilines is 1. The number of hydrogen-bond donors (Lipinski definition) is 0. The Labute approximate surface area is 194 Å². The molecule has 3 aliphatic rings. The van der Waals surface area contributed by atoms with Gasteiger partial charge in [0, 0.05) is 19.0 Å². The van der Waals surface area contributed by atoms with Crippen LogP contribution in [0.1, 0.15) is 62.2 Å². The smallest absolute Gasteiger partial charge is 0.338 e. The van der Waals surface area contributed by atoms with E-state index in [4.69, 9.17) is 4.74 Å². The van der Waals surface area contributed by atoms with Gasteiger partial charge in [0.05, 0.1) is 30.3 Å². The molecule has 0 radical (unpaired) electrons. The van der Waals surface area contributed by atoms with Gasteiger partial charge < -0.3 is 9.64 Å². The lowest BCUT2D eigenvalue weighted by atomic mass is 9.94. The van der Waals surface area contributed by atoms with E-state index < -0.39 is 12.0 Å². The number of carbonyl (C=O) groups is 4. The minimum absolute atomic E-state index is 0.0121. The number of nitrogens with zero attached hydrogens (tertiary/aromatic N) is 3. The van der Waals surface area contributed by atoms with E-state index >= 15 is 0 Å². The van der Waals surface area contributed by atoms with E-state index in [9.17, 15) is 19.2 Å². The highest BCUT2D eigenvalue weighted by atomic mass is 16.5. The number of ether oxygens (including phenoxy) is 1.